The Hall–Kier alpha value is -1.72. The number of carboxylic acids is 1. The summed E-state index contributed by atoms with van der Waals surface area (Å²) in [5.74, 6) is -1.37. The number of carbonyl (C=O) groups is 1. The van der Waals surface area contributed by atoms with Crippen LogP contribution in [0.4, 0.5) is 0 Å². The topological polar surface area (TPSA) is 66.8 Å². The van der Waals surface area contributed by atoms with Gasteiger partial charge in [0.25, 0.3) is 0 Å². The van der Waals surface area contributed by atoms with E-state index in [0.29, 0.717) is 12.2 Å². The number of phenolic OH excluding ortho intramolecular Hbond substituents is 1. The number of thiophene rings is 1. The first kappa shape index (κ1) is 15.7. The van der Waals surface area contributed by atoms with Crippen molar-refractivity contribution in [3.05, 3.63) is 45.1 Å². The van der Waals surface area contributed by atoms with E-state index in [1.807, 2.05) is 11.4 Å². The number of ether oxygens (including phenoxy) is 1. The molecule has 1 aromatic heterocycles. The van der Waals surface area contributed by atoms with Gasteiger partial charge in [-0.05, 0) is 42.5 Å². The van der Waals surface area contributed by atoms with Gasteiger partial charge in [-0.1, -0.05) is 17.7 Å². The zero-order valence-corrected chi connectivity index (χ0v) is 12.9. The minimum Gasteiger partial charge on any atom is -0.503 e. The molecule has 0 bridgehead atoms. The Morgan fingerprint density at radius 2 is 2.24 bits per heavy atom. The van der Waals surface area contributed by atoms with Crippen LogP contribution >= 0.6 is 22.9 Å². The lowest BCUT2D eigenvalue weighted by atomic mass is 9.97. The average molecular weight is 327 g/mol. The van der Waals surface area contributed by atoms with Crippen molar-refractivity contribution in [3.63, 3.8) is 0 Å². The summed E-state index contributed by atoms with van der Waals surface area (Å²) in [6.07, 6.45) is 0.288. The Bertz CT molecular complexity index is 625. The molecule has 0 radical (unpaired) electrons. The van der Waals surface area contributed by atoms with E-state index < -0.39 is 11.9 Å². The summed E-state index contributed by atoms with van der Waals surface area (Å²) < 4.78 is 5.31. The molecule has 1 aromatic carbocycles. The third-order valence-electron chi connectivity index (χ3n) is 3.01. The van der Waals surface area contributed by atoms with Gasteiger partial charge in [0.1, 0.15) is 0 Å². The highest BCUT2D eigenvalue weighted by Crippen LogP contribution is 2.37. The van der Waals surface area contributed by atoms with Gasteiger partial charge in [-0.2, -0.15) is 0 Å². The Labute approximate surface area is 131 Å². The minimum absolute atomic E-state index is 0.120. The van der Waals surface area contributed by atoms with Crippen molar-refractivity contribution in [1.82, 2.24) is 0 Å². The van der Waals surface area contributed by atoms with Crippen LogP contribution in [0.5, 0.6) is 11.5 Å². The van der Waals surface area contributed by atoms with E-state index in [1.165, 1.54) is 11.3 Å². The molecule has 2 rings (SSSR count). The van der Waals surface area contributed by atoms with Gasteiger partial charge < -0.3 is 14.9 Å². The molecule has 0 aliphatic heterocycles. The fourth-order valence-corrected chi connectivity index (χ4v) is 3.10. The number of hydrogen-bond acceptors (Lipinski definition) is 4. The van der Waals surface area contributed by atoms with Crippen LogP contribution < -0.4 is 4.74 Å². The van der Waals surface area contributed by atoms with Crippen molar-refractivity contribution in [2.75, 3.05) is 6.61 Å². The fourth-order valence-electron chi connectivity index (χ4n) is 2.05. The number of aromatic hydroxyl groups is 1. The number of aliphatic carboxylic acids is 1. The summed E-state index contributed by atoms with van der Waals surface area (Å²) in [4.78, 5) is 12.2. The monoisotopic (exact) mass is 326 g/mol. The highest BCUT2D eigenvalue weighted by atomic mass is 35.5. The molecule has 1 atom stereocenters. The Morgan fingerprint density at radius 1 is 1.48 bits per heavy atom. The average Bonchev–Trinajstić information content (AvgIpc) is 2.95. The molecule has 112 valence electrons. The number of halogens is 1. The molecule has 0 spiro atoms. The van der Waals surface area contributed by atoms with Gasteiger partial charge >= 0.3 is 5.97 Å². The summed E-state index contributed by atoms with van der Waals surface area (Å²) in [5.41, 5.74) is 0.710. The van der Waals surface area contributed by atoms with Crippen molar-refractivity contribution in [2.24, 2.45) is 0 Å². The SMILES string of the molecule is CCOc1cc(CC(C(=O)O)c2cccs2)cc(Cl)c1O. The van der Waals surface area contributed by atoms with Crippen LogP contribution in [0.3, 0.4) is 0 Å². The van der Waals surface area contributed by atoms with Gasteiger partial charge in [0, 0.05) is 4.88 Å². The van der Waals surface area contributed by atoms with Crippen molar-refractivity contribution < 1.29 is 19.7 Å². The van der Waals surface area contributed by atoms with Crippen molar-refractivity contribution in [3.8, 4) is 11.5 Å². The maximum Gasteiger partial charge on any atom is 0.312 e. The smallest absolute Gasteiger partial charge is 0.312 e. The maximum absolute atomic E-state index is 11.5. The molecule has 4 nitrogen and oxygen atoms in total. The normalized spacial score (nSPS) is 12.1. The lowest BCUT2D eigenvalue weighted by Crippen LogP contribution is -2.13. The minimum atomic E-state index is -0.889. The van der Waals surface area contributed by atoms with Crippen LogP contribution in [0.2, 0.25) is 5.02 Å². The van der Waals surface area contributed by atoms with E-state index in [0.717, 1.165) is 4.88 Å². The number of hydrogen-bond donors (Lipinski definition) is 2. The number of phenols is 1. The zero-order chi connectivity index (χ0) is 15.4. The predicted molar refractivity (Wildman–Crippen MR) is 82.7 cm³/mol. The summed E-state index contributed by atoms with van der Waals surface area (Å²) in [5, 5.41) is 21.2. The summed E-state index contributed by atoms with van der Waals surface area (Å²) in [7, 11) is 0. The van der Waals surface area contributed by atoms with E-state index in [9.17, 15) is 15.0 Å². The molecule has 1 unspecified atom stereocenters. The van der Waals surface area contributed by atoms with E-state index in [4.69, 9.17) is 16.3 Å². The van der Waals surface area contributed by atoms with Crippen molar-refractivity contribution in [1.29, 1.82) is 0 Å². The predicted octanol–water partition coefficient (Wildman–Crippen LogP) is 3.92. The van der Waals surface area contributed by atoms with Crippen LogP contribution in [0.1, 0.15) is 23.3 Å². The molecule has 1 heterocycles. The Balaban J connectivity index is 2.31. The number of rotatable bonds is 6. The van der Waals surface area contributed by atoms with Crippen molar-refractivity contribution >= 4 is 28.9 Å². The largest absolute Gasteiger partial charge is 0.503 e. The molecule has 6 heteroatoms. The quantitative estimate of drug-likeness (QED) is 0.844. The molecule has 0 aliphatic carbocycles. The molecule has 0 fully saturated rings. The Kier molecular flexibility index (Phi) is 5.09. The first-order chi connectivity index (χ1) is 10.0. The highest BCUT2D eigenvalue weighted by Gasteiger charge is 2.22. The summed E-state index contributed by atoms with van der Waals surface area (Å²) in [6.45, 7) is 2.19. The van der Waals surface area contributed by atoms with E-state index >= 15 is 0 Å². The summed E-state index contributed by atoms with van der Waals surface area (Å²) in [6, 6.07) is 6.83. The Morgan fingerprint density at radius 3 is 2.81 bits per heavy atom. The van der Waals surface area contributed by atoms with Crippen molar-refractivity contribution in [2.45, 2.75) is 19.3 Å². The second-order valence-electron chi connectivity index (χ2n) is 4.47. The third-order valence-corrected chi connectivity index (χ3v) is 4.29. The molecular weight excluding hydrogens is 312 g/mol. The zero-order valence-electron chi connectivity index (χ0n) is 11.4. The first-order valence-corrected chi connectivity index (χ1v) is 7.69. The van der Waals surface area contributed by atoms with Crippen LogP contribution in [0, 0.1) is 0 Å². The molecule has 0 amide bonds. The molecule has 0 aliphatic rings. The van der Waals surface area contributed by atoms with Gasteiger partial charge in [-0.3, -0.25) is 4.79 Å². The van der Waals surface area contributed by atoms with Crippen LogP contribution in [-0.2, 0) is 11.2 Å². The van der Waals surface area contributed by atoms with Gasteiger partial charge in [0.2, 0.25) is 0 Å². The lowest BCUT2D eigenvalue weighted by molar-refractivity contribution is -0.138. The fraction of sp³-hybridized carbons (Fsp3) is 0.267. The molecule has 2 N–H and O–H groups in total. The van der Waals surface area contributed by atoms with E-state index in [2.05, 4.69) is 0 Å². The molecular formula is C15H15ClO4S. The third kappa shape index (κ3) is 3.68. The van der Waals surface area contributed by atoms with Gasteiger partial charge in [0.05, 0.1) is 17.5 Å². The highest BCUT2D eigenvalue weighted by molar-refractivity contribution is 7.10. The van der Waals surface area contributed by atoms with Gasteiger partial charge in [-0.15, -0.1) is 11.3 Å². The second kappa shape index (κ2) is 6.83. The molecule has 21 heavy (non-hydrogen) atoms. The van der Waals surface area contributed by atoms with Crippen LogP contribution in [0.15, 0.2) is 29.6 Å². The lowest BCUT2D eigenvalue weighted by Gasteiger charge is -2.13. The summed E-state index contributed by atoms with van der Waals surface area (Å²) >= 11 is 7.37. The first-order valence-electron chi connectivity index (χ1n) is 6.43. The van der Waals surface area contributed by atoms with Gasteiger partial charge in [0.15, 0.2) is 11.5 Å². The van der Waals surface area contributed by atoms with Crippen LogP contribution in [-0.4, -0.2) is 22.8 Å². The van der Waals surface area contributed by atoms with E-state index in [-0.39, 0.29) is 22.9 Å². The van der Waals surface area contributed by atoms with E-state index in [1.54, 1.807) is 25.1 Å². The molecule has 2 aromatic rings. The standard InChI is InChI=1S/C15H15ClO4S/c1-2-20-12-8-9(7-11(16)14(12)17)6-10(15(18)19)13-4-3-5-21-13/h3-5,7-8,10,17H,2,6H2,1H3,(H,18,19). The maximum atomic E-state index is 11.5. The van der Waals surface area contributed by atoms with Crippen LogP contribution in [0.25, 0.3) is 0 Å². The molecule has 0 saturated carbocycles. The second-order valence-corrected chi connectivity index (χ2v) is 5.85. The van der Waals surface area contributed by atoms with Gasteiger partial charge in [-0.25, -0.2) is 0 Å². The number of benzene rings is 1. The molecule has 0 saturated heterocycles. The number of carboxylic acid groups (broad SMARTS) is 1.